The molecule has 4 atom stereocenters. The van der Waals surface area contributed by atoms with E-state index in [9.17, 15) is 41.2 Å². The van der Waals surface area contributed by atoms with Gasteiger partial charge in [0.2, 0.25) is 11.6 Å². The number of hydrogen-bond acceptors (Lipinski definition) is 8. The molecule has 0 bridgehead atoms. The van der Waals surface area contributed by atoms with E-state index in [2.05, 4.69) is 15.3 Å². The summed E-state index contributed by atoms with van der Waals surface area (Å²) in [5.74, 6) is -4.48. The van der Waals surface area contributed by atoms with Gasteiger partial charge in [0, 0.05) is 23.4 Å². The molecule has 0 spiro atoms. The van der Waals surface area contributed by atoms with E-state index in [0.29, 0.717) is 6.07 Å². The Bertz CT molecular complexity index is 1460. The Balaban J connectivity index is 1.87. The van der Waals surface area contributed by atoms with Crippen LogP contribution < -0.4 is 10.1 Å². The number of halogens is 4. The molecule has 2 N–H and O–H groups in total. The summed E-state index contributed by atoms with van der Waals surface area (Å²) in [5, 5.41) is 28.4. The lowest BCUT2D eigenvalue weighted by molar-refractivity contribution is -0.389. The second-order valence-electron chi connectivity index (χ2n) is 11.2. The number of nitro groups is 1. The molecule has 0 amide bonds. The van der Waals surface area contributed by atoms with Gasteiger partial charge in [0.1, 0.15) is 0 Å². The van der Waals surface area contributed by atoms with Crippen LogP contribution >= 0.6 is 0 Å². The Morgan fingerprint density at radius 3 is 2.50 bits per heavy atom. The predicted octanol–water partition coefficient (Wildman–Crippen LogP) is 4.76. The molecule has 1 aliphatic rings. The van der Waals surface area contributed by atoms with Crippen molar-refractivity contribution in [1.29, 1.82) is 0 Å². The monoisotopic (exact) mass is 617 g/mol. The maximum atomic E-state index is 14.8. The van der Waals surface area contributed by atoms with Gasteiger partial charge < -0.3 is 15.2 Å². The number of azide groups is 1. The molecule has 11 nitrogen and oxygen atoms in total. The van der Waals surface area contributed by atoms with E-state index in [1.54, 1.807) is 0 Å². The molecule has 1 aliphatic heterocycles. The van der Waals surface area contributed by atoms with Gasteiger partial charge in [-0.3, -0.25) is 10.1 Å². The molecule has 1 fully saturated rings. The molecular weight excluding hydrogens is 586 g/mol. The molecule has 230 valence electrons. The highest BCUT2D eigenvalue weighted by Gasteiger charge is 2.43. The number of rotatable bonds is 10. The number of sulfone groups is 1. The normalized spacial score (nSPS) is 21.3. The first kappa shape index (κ1) is 33.0. The number of nitro benzene ring substituents is 1. The minimum absolute atomic E-state index is 0.125. The minimum atomic E-state index is -5.12. The van der Waals surface area contributed by atoms with Gasteiger partial charge in [0.15, 0.2) is 15.9 Å². The van der Waals surface area contributed by atoms with E-state index in [1.165, 1.54) is 0 Å². The van der Waals surface area contributed by atoms with Gasteiger partial charge in [-0.1, -0.05) is 50.2 Å². The second kappa shape index (κ2) is 12.8. The summed E-state index contributed by atoms with van der Waals surface area (Å²) >= 11 is 0. The molecule has 2 aromatic carbocycles. The summed E-state index contributed by atoms with van der Waals surface area (Å²) in [6, 6.07) is 8.22. The van der Waals surface area contributed by atoms with Gasteiger partial charge in [-0.25, -0.2) is 8.42 Å². The van der Waals surface area contributed by atoms with Crippen LogP contribution in [0.4, 0.5) is 23.2 Å². The first-order valence-electron chi connectivity index (χ1n) is 12.8. The molecule has 0 aromatic heterocycles. The van der Waals surface area contributed by atoms with Crippen LogP contribution in [0.15, 0.2) is 41.5 Å². The van der Waals surface area contributed by atoms with E-state index >= 15 is 0 Å². The maximum absolute atomic E-state index is 14.8. The molecule has 0 saturated carbocycles. The van der Waals surface area contributed by atoms with Crippen LogP contribution in [0.1, 0.15) is 37.5 Å². The number of aliphatic hydroxyl groups excluding tert-OH is 1. The van der Waals surface area contributed by atoms with E-state index in [0.717, 1.165) is 17.2 Å². The van der Waals surface area contributed by atoms with Gasteiger partial charge in [-0.05, 0) is 46.2 Å². The molecular formula is C26H31F4N5O6S. The third-order valence-corrected chi connectivity index (χ3v) is 8.67. The van der Waals surface area contributed by atoms with E-state index in [-0.39, 0.29) is 29.7 Å². The fourth-order valence-corrected chi connectivity index (χ4v) is 6.70. The molecule has 42 heavy (non-hydrogen) atoms. The minimum Gasteiger partial charge on any atom is -0.474 e. The number of nitrogens with zero attached hydrogens (tertiary/aromatic N) is 4. The number of hydrogen-bond donors (Lipinski definition) is 2. The smallest absolute Gasteiger partial charge is 0.425 e. The molecule has 3 rings (SSSR count). The average Bonchev–Trinajstić information content (AvgIpc) is 2.86. The fourth-order valence-electron chi connectivity index (χ4n) is 4.74. The van der Waals surface area contributed by atoms with Crippen LogP contribution in [0.2, 0.25) is 0 Å². The van der Waals surface area contributed by atoms with Gasteiger partial charge in [-0.15, -0.1) is 0 Å². The molecule has 1 heterocycles. The van der Waals surface area contributed by atoms with Crippen LogP contribution in [-0.2, 0) is 28.2 Å². The molecule has 1 saturated heterocycles. The Morgan fingerprint density at radius 1 is 1.21 bits per heavy atom. The van der Waals surface area contributed by atoms with Crippen molar-refractivity contribution >= 4 is 15.5 Å². The van der Waals surface area contributed by atoms with E-state index in [4.69, 9.17) is 10.3 Å². The van der Waals surface area contributed by atoms with Crippen molar-refractivity contribution in [2.24, 2.45) is 11.0 Å². The summed E-state index contributed by atoms with van der Waals surface area (Å²) in [4.78, 5) is 12.4. The number of aliphatic hydroxyl groups is 1. The van der Waals surface area contributed by atoms with Crippen molar-refractivity contribution < 1.29 is 40.7 Å². The summed E-state index contributed by atoms with van der Waals surface area (Å²) in [6.07, 6.45) is -9.52. The van der Waals surface area contributed by atoms with Gasteiger partial charge in [0.05, 0.1) is 29.1 Å². The van der Waals surface area contributed by atoms with E-state index < -0.39 is 74.7 Å². The molecule has 2 aromatic rings. The van der Waals surface area contributed by atoms with Gasteiger partial charge in [-0.2, -0.15) is 17.6 Å². The number of ether oxygens (including phenoxy) is 1. The largest absolute Gasteiger partial charge is 0.474 e. The third-order valence-electron chi connectivity index (χ3n) is 6.87. The van der Waals surface area contributed by atoms with Crippen molar-refractivity contribution in [1.82, 2.24) is 5.32 Å². The van der Waals surface area contributed by atoms with Gasteiger partial charge >= 0.3 is 11.9 Å². The van der Waals surface area contributed by atoms with Crippen LogP contribution in [0.3, 0.4) is 0 Å². The van der Waals surface area contributed by atoms with Crippen molar-refractivity contribution in [2.45, 2.75) is 63.6 Å². The standard InChI is InChI=1S/C26H31F4N5O6S/c1-25(2,3)18-6-4-5-15(8-18)11-32-20-14-42(39,40)13-17(24(20)36)7-16-9-19(27)23(35(37)38)21(10-16)41-22(12-33-34-31)26(28,29)30/h4-6,8-10,17,20,22,24,32,36H,7,11-14H2,1-3H3/t17-,20+,22-,24+/m1/s1. The topological polar surface area (TPSA) is 168 Å². The zero-order chi connectivity index (χ0) is 31.5. The third kappa shape index (κ3) is 8.53. The van der Waals surface area contributed by atoms with Crippen molar-refractivity contribution in [3.63, 3.8) is 0 Å². The molecule has 16 heteroatoms. The predicted molar refractivity (Wildman–Crippen MR) is 145 cm³/mol. The van der Waals surface area contributed by atoms with E-state index in [1.807, 2.05) is 45.0 Å². The fraction of sp³-hybridized carbons (Fsp3) is 0.538. The van der Waals surface area contributed by atoms with Crippen molar-refractivity contribution in [2.75, 3.05) is 18.1 Å². The highest BCUT2D eigenvalue weighted by Crippen LogP contribution is 2.36. The van der Waals surface area contributed by atoms with Crippen molar-refractivity contribution in [3.05, 3.63) is 79.5 Å². The van der Waals surface area contributed by atoms with Crippen LogP contribution in [0, 0.1) is 21.8 Å². The molecule has 0 unspecified atom stereocenters. The maximum Gasteiger partial charge on any atom is 0.425 e. The molecule has 0 aliphatic carbocycles. The van der Waals surface area contributed by atoms with Crippen LogP contribution in [0.25, 0.3) is 10.4 Å². The first-order valence-corrected chi connectivity index (χ1v) is 14.7. The lowest BCUT2D eigenvalue weighted by Crippen LogP contribution is -2.54. The highest BCUT2D eigenvalue weighted by atomic mass is 32.2. The quantitative estimate of drug-likeness (QED) is 0.0968. The number of alkyl halides is 3. The zero-order valence-corrected chi connectivity index (χ0v) is 23.8. The summed E-state index contributed by atoms with van der Waals surface area (Å²) in [6.45, 7) is 5.10. The van der Waals surface area contributed by atoms with Crippen LogP contribution in [0.5, 0.6) is 5.75 Å². The van der Waals surface area contributed by atoms with Gasteiger partial charge in [0.25, 0.3) is 0 Å². The van der Waals surface area contributed by atoms with Crippen molar-refractivity contribution in [3.8, 4) is 5.75 Å². The highest BCUT2D eigenvalue weighted by molar-refractivity contribution is 7.91. The molecule has 0 radical (unpaired) electrons. The summed E-state index contributed by atoms with van der Waals surface area (Å²) < 4.78 is 85.2. The Kier molecular flexibility index (Phi) is 10.1. The SMILES string of the molecule is CC(C)(C)c1cccc(CN[C@H]2CS(=O)(=O)C[C@@H](Cc3cc(F)c([N+](=O)[O-])c(O[C@H](CN=[N+]=[N-])C(F)(F)F)c3)[C@@H]2O)c1. The Morgan fingerprint density at radius 2 is 1.90 bits per heavy atom. The lowest BCUT2D eigenvalue weighted by Gasteiger charge is -2.35. The number of nitrogens with one attached hydrogen (secondary N) is 1. The first-order chi connectivity index (χ1) is 19.4. The lowest BCUT2D eigenvalue weighted by atomic mass is 9.86. The average molecular weight is 618 g/mol. The second-order valence-corrected chi connectivity index (χ2v) is 13.4. The summed E-state index contributed by atoms with van der Waals surface area (Å²) in [7, 11) is -3.71. The zero-order valence-electron chi connectivity index (χ0n) is 23.0. The summed E-state index contributed by atoms with van der Waals surface area (Å²) in [5.41, 5.74) is 8.67. The Hall–Kier alpha value is -3.46. The number of benzene rings is 2. The Labute approximate surface area is 239 Å². The van der Waals surface area contributed by atoms with Crippen LogP contribution in [-0.4, -0.2) is 60.9 Å².